The summed E-state index contributed by atoms with van der Waals surface area (Å²) in [6, 6.07) is 11.1. The summed E-state index contributed by atoms with van der Waals surface area (Å²) in [6.45, 7) is 1.78. The Kier molecular flexibility index (Phi) is 4.38. The molecule has 0 aliphatic carbocycles. The van der Waals surface area contributed by atoms with Crippen LogP contribution in [0, 0.1) is 17.0 Å². The van der Waals surface area contributed by atoms with E-state index in [1.54, 1.807) is 43.3 Å². The predicted octanol–water partition coefficient (Wildman–Crippen LogP) is 2.65. The highest BCUT2D eigenvalue weighted by Gasteiger charge is 2.16. The van der Waals surface area contributed by atoms with Crippen LogP contribution in [-0.2, 0) is 0 Å². The molecule has 0 spiro atoms. The lowest BCUT2D eigenvalue weighted by molar-refractivity contribution is -0.384. The summed E-state index contributed by atoms with van der Waals surface area (Å²) in [5, 5.41) is 21.3. The van der Waals surface area contributed by atoms with Crippen molar-refractivity contribution in [3.8, 4) is 11.3 Å². The fourth-order valence-corrected chi connectivity index (χ4v) is 2.15. The largest absolute Gasteiger partial charge is 0.455 e. The van der Waals surface area contributed by atoms with Gasteiger partial charge in [-0.15, -0.1) is 0 Å². The number of para-hydroxylation sites is 1. The zero-order valence-electron chi connectivity index (χ0n) is 13.1. The van der Waals surface area contributed by atoms with Crippen molar-refractivity contribution >= 4 is 17.8 Å². The standard InChI is InChI=1S/C16H13N5O4/c1-10-8-13(19-18-10)16(22)20-17-9-11-6-7-15(25-11)12-4-2-3-5-14(12)21(23)24/h2-9H,1H3,(H,18,19)(H,20,22). The summed E-state index contributed by atoms with van der Waals surface area (Å²) in [5.74, 6) is 0.209. The minimum atomic E-state index is -0.474. The van der Waals surface area contributed by atoms with Crippen LogP contribution >= 0.6 is 0 Å². The number of nitrogens with zero attached hydrogens (tertiary/aromatic N) is 3. The van der Waals surface area contributed by atoms with E-state index >= 15 is 0 Å². The van der Waals surface area contributed by atoms with Gasteiger partial charge in [0.2, 0.25) is 0 Å². The average molecular weight is 339 g/mol. The number of carbonyl (C=O) groups is 1. The number of furan rings is 1. The molecule has 3 aromatic rings. The highest BCUT2D eigenvalue weighted by atomic mass is 16.6. The fourth-order valence-electron chi connectivity index (χ4n) is 2.15. The number of nitro benzene ring substituents is 1. The van der Waals surface area contributed by atoms with Gasteiger partial charge in [0.25, 0.3) is 11.6 Å². The smallest absolute Gasteiger partial charge is 0.291 e. The molecule has 0 unspecified atom stereocenters. The van der Waals surface area contributed by atoms with Crippen LogP contribution in [-0.4, -0.2) is 27.2 Å². The molecule has 0 aliphatic heterocycles. The summed E-state index contributed by atoms with van der Waals surface area (Å²) in [6.07, 6.45) is 1.30. The molecular formula is C16H13N5O4. The molecule has 25 heavy (non-hydrogen) atoms. The van der Waals surface area contributed by atoms with Crippen LogP contribution in [0.25, 0.3) is 11.3 Å². The number of aromatic amines is 1. The van der Waals surface area contributed by atoms with Gasteiger partial charge in [0, 0.05) is 11.8 Å². The first-order chi connectivity index (χ1) is 12.0. The molecule has 0 aliphatic rings. The molecule has 3 rings (SSSR count). The number of aryl methyl sites for hydroxylation is 1. The molecule has 126 valence electrons. The summed E-state index contributed by atoms with van der Waals surface area (Å²) in [5.41, 5.74) is 3.61. The molecule has 2 N–H and O–H groups in total. The van der Waals surface area contributed by atoms with Crippen LogP contribution in [0.5, 0.6) is 0 Å². The van der Waals surface area contributed by atoms with Crippen molar-refractivity contribution in [1.29, 1.82) is 0 Å². The average Bonchev–Trinajstić information content (AvgIpc) is 3.24. The van der Waals surface area contributed by atoms with Crippen molar-refractivity contribution < 1.29 is 14.1 Å². The maximum atomic E-state index is 11.8. The number of carbonyl (C=O) groups excluding carboxylic acids is 1. The number of nitrogens with one attached hydrogen (secondary N) is 2. The van der Waals surface area contributed by atoms with Gasteiger partial charge in [-0.3, -0.25) is 20.0 Å². The monoisotopic (exact) mass is 339 g/mol. The second-order valence-corrected chi connectivity index (χ2v) is 5.11. The normalized spacial score (nSPS) is 10.9. The van der Waals surface area contributed by atoms with E-state index in [1.807, 2.05) is 0 Å². The topological polar surface area (TPSA) is 126 Å². The van der Waals surface area contributed by atoms with Crippen LogP contribution < -0.4 is 5.43 Å². The van der Waals surface area contributed by atoms with Gasteiger partial charge in [-0.25, -0.2) is 5.43 Å². The lowest BCUT2D eigenvalue weighted by atomic mass is 10.1. The zero-order valence-corrected chi connectivity index (χ0v) is 13.1. The van der Waals surface area contributed by atoms with Crippen LogP contribution in [0.4, 0.5) is 5.69 Å². The van der Waals surface area contributed by atoms with Crippen LogP contribution in [0.2, 0.25) is 0 Å². The minimum absolute atomic E-state index is 0.0532. The van der Waals surface area contributed by atoms with Crippen molar-refractivity contribution in [3.63, 3.8) is 0 Å². The molecule has 0 fully saturated rings. The number of H-pyrrole nitrogens is 1. The first-order valence-electron chi connectivity index (χ1n) is 7.23. The van der Waals surface area contributed by atoms with Gasteiger partial charge in [0.05, 0.1) is 16.7 Å². The van der Waals surface area contributed by atoms with E-state index in [4.69, 9.17) is 4.42 Å². The third kappa shape index (κ3) is 3.61. The number of aromatic nitrogens is 2. The van der Waals surface area contributed by atoms with Crippen molar-refractivity contribution in [3.05, 3.63) is 69.7 Å². The van der Waals surface area contributed by atoms with E-state index in [2.05, 4.69) is 20.7 Å². The maximum absolute atomic E-state index is 11.8. The first-order valence-corrected chi connectivity index (χ1v) is 7.23. The number of rotatable bonds is 5. The van der Waals surface area contributed by atoms with Crippen molar-refractivity contribution in [2.45, 2.75) is 6.92 Å². The first kappa shape index (κ1) is 16.1. The molecular weight excluding hydrogens is 326 g/mol. The number of hydrogen-bond acceptors (Lipinski definition) is 6. The zero-order chi connectivity index (χ0) is 17.8. The Labute approximate surface area is 141 Å². The molecule has 0 saturated heterocycles. The number of nitro groups is 1. The second-order valence-electron chi connectivity index (χ2n) is 5.11. The van der Waals surface area contributed by atoms with Crippen molar-refractivity contribution in [2.24, 2.45) is 5.10 Å². The summed E-state index contributed by atoms with van der Waals surface area (Å²) in [4.78, 5) is 22.4. The van der Waals surface area contributed by atoms with E-state index in [9.17, 15) is 14.9 Å². The Morgan fingerprint density at radius 1 is 1.36 bits per heavy atom. The summed E-state index contributed by atoms with van der Waals surface area (Å²) in [7, 11) is 0. The predicted molar refractivity (Wildman–Crippen MR) is 89.2 cm³/mol. The van der Waals surface area contributed by atoms with Gasteiger partial charge in [-0.2, -0.15) is 10.2 Å². The highest BCUT2D eigenvalue weighted by Crippen LogP contribution is 2.30. The van der Waals surface area contributed by atoms with Gasteiger partial charge in [-0.1, -0.05) is 12.1 Å². The molecule has 0 saturated carbocycles. The Hall–Kier alpha value is -3.75. The Bertz CT molecular complexity index is 957. The van der Waals surface area contributed by atoms with E-state index in [0.717, 1.165) is 5.69 Å². The van der Waals surface area contributed by atoms with Crippen LogP contribution in [0.3, 0.4) is 0 Å². The molecule has 9 nitrogen and oxygen atoms in total. The lowest BCUT2D eigenvalue weighted by Crippen LogP contribution is -2.17. The molecule has 1 amide bonds. The Morgan fingerprint density at radius 2 is 2.16 bits per heavy atom. The second kappa shape index (κ2) is 6.79. The molecule has 2 heterocycles. The van der Waals surface area contributed by atoms with Gasteiger partial charge in [-0.05, 0) is 31.2 Å². The van der Waals surface area contributed by atoms with Crippen molar-refractivity contribution in [1.82, 2.24) is 15.6 Å². The van der Waals surface area contributed by atoms with Crippen LogP contribution in [0.1, 0.15) is 21.9 Å². The number of benzene rings is 1. The number of hydrogen-bond donors (Lipinski definition) is 2. The number of amides is 1. The van der Waals surface area contributed by atoms with Gasteiger partial charge >= 0.3 is 0 Å². The number of hydrazone groups is 1. The third-order valence-electron chi connectivity index (χ3n) is 3.29. The Morgan fingerprint density at radius 3 is 2.88 bits per heavy atom. The minimum Gasteiger partial charge on any atom is -0.455 e. The molecule has 0 radical (unpaired) electrons. The van der Waals surface area contributed by atoms with Crippen molar-refractivity contribution in [2.75, 3.05) is 0 Å². The van der Waals surface area contributed by atoms with Gasteiger partial charge in [0.1, 0.15) is 11.5 Å². The third-order valence-corrected chi connectivity index (χ3v) is 3.29. The molecule has 2 aromatic heterocycles. The fraction of sp³-hybridized carbons (Fsp3) is 0.0625. The van der Waals surface area contributed by atoms with Gasteiger partial charge in [0.15, 0.2) is 5.69 Å². The Balaban J connectivity index is 1.72. The van der Waals surface area contributed by atoms with Gasteiger partial charge < -0.3 is 4.42 Å². The lowest BCUT2D eigenvalue weighted by Gasteiger charge is -1.98. The molecule has 1 aromatic carbocycles. The maximum Gasteiger partial charge on any atom is 0.291 e. The summed E-state index contributed by atoms with van der Waals surface area (Å²) < 4.78 is 5.53. The molecule has 0 atom stereocenters. The summed E-state index contributed by atoms with van der Waals surface area (Å²) >= 11 is 0. The van der Waals surface area contributed by atoms with E-state index < -0.39 is 10.8 Å². The van der Waals surface area contributed by atoms with E-state index in [1.165, 1.54) is 12.3 Å². The molecule has 0 bridgehead atoms. The highest BCUT2D eigenvalue weighted by molar-refractivity contribution is 5.93. The quantitative estimate of drug-likeness (QED) is 0.420. The SMILES string of the molecule is Cc1cc(C(=O)NN=Cc2ccc(-c3ccccc3[N+](=O)[O-])o2)n[nH]1. The molecule has 9 heteroatoms. The van der Waals surface area contributed by atoms with E-state index in [-0.39, 0.29) is 11.4 Å². The van der Waals surface area contributed by atoms with Crippen LogP contribution in [0.15, 0.2) is 52.0 Å². The van der Waals surface area contributed by atoms with E-state index in [0.29, 0.717) is 17.1 Å².